The van der Waals surface area contributed by atoms with Crippen LogP contribution in [0.1, 0.15) is 12.8 Å². The minimum absolute atomic E-state index is 0.0626. The number of carbonyl (C=O) groups excluding carboxylic acids is 1. The third-order valence-corrected chi connectivity index (χ3v) is 1.99. The molecule has 0 bridgehead atoms. The van der Waals surface area contributed by atoms with Gasteiger partial charge in [0.2, 0.25) is 11.0 Å². The minimum atomic E-state index is -0.0626. The van der Waals surface area contributed by atoms with Crippen molar-refractivity contribution in [3.8, 4) is 0 Å². The van der Waals surface area contributed by atoms with Gasteiger partial charge in [-0.15, -0.1) is 11.6 Å². The summed E-state index contributed by atoms with van der Waals surface area (Å²) in [6, 6.07) is 0. The molecule has 1 rings (SSSR count). The Labute approximate surface area is 79.1 Å². The molecule has 0 aromatic carbocycles. The molecule has 4 nitrogen and oxygen atoms in total. The number of alkyl halides is 1. The molecule has 12 heavy (non-hydrogen) atoms. The normalized spacial score (nSPS) is 9.75. The molecule has 0 aliphatic heterocycles. The second kappa shape index (κ2) is 5.05. The van der Waals surface area contributed by atoms with Crippen molar-refractivity contribution in [3.63, 3.8) is 0 Å². The maximum absolute atomic E-state index is 11.0. The van der Waals surface area contributed by atoms with Gasteiger partial charge in [-0.3, -0.25) is 4.79 Å². The Hall–Kier alpha value is -0.680. The molecule has 1 amide bonds. The van der Waals surface area contributed by atoms with Crippen LogP contribution in [-0.2, 0) is 4.79 Å². The number of halogens is 1. The van der Waals surface area contributed by atoms with Crippen LogP contribution in [0.2, 0.25) is 0 Å². The van der Waals surface area contributed by atoms with Crippen molar-refractivity contribution in [1.29, 1.82) is 0 Å². The zero-order valence-corrected chi connectivity index (χ0v) is 7.86. The van der Waals surface area contributed by atoms with Crippen LogP contribution in [0.3, 0.4) is 0 Å². The first-order chi connectivity index (χ1) is 5.83. The number of hydrogen-bond acceptors (Lipinski definition) is 4. The molecule has 0 saturated heterocycles. The van der Waals surface area contributed by atoms with Gasteiger partial charge in [0.15, 0.2) is 0 Å². The Bertz CT molecular complexity index is 239. The molecule has 0 aliphatic rings. The van der Waals surface area contributed by atoms with Gasteiger partial charge in [0.1, 0.15) is 6.33 Å². The zero-order valence-electron chi connectivity index (χ0n) is 6.29. The van der Waals surface area contributed by atoms with Crippen LogP contribution in [0.25, 0.3) is 0 Å². The highest BCUT2D eigenvalue weighted by atomic mass is 35.5. The van der Waals surface area contributed by atoms with Crippen molar-refractivity contribution in [3.05, 3.63) is 6.33 Å². The maximum Gasteiger partial charge on any atom is 0.226 e. The summed E-state index contributed by atoms with van der Waals surface area (Å²) in [7, 11) is 0. The number of carbonyl (C=O) groups is 1. The number of amides is 1. The molecule has 1 aromatic heterocycles. The summed E-state index contributed by atoms with van der Waals surface area (Å²) in [6.45, 7) is 0. The highest BCUT2D eigenvalue weighted by molar-refractivity contribution is 7.09. The summed E-state index contributed by atoms with van der Waals surface area (Å²) in [4.78, 5) is 14.8. The quantitative estimate of drug-likeness (QED) is 0.758. The number of nitrogens with one attached hydrogen (secondary N) is 1. The molecule has 0 fully saturated rings. The highest BCUT2D eigenvalue weighted by Crippen LogP contribution is 2.07. The third-order valence-electron chi connectivity index (χ3n) is 1.15. The van der Waals surface area contributed by atoms with Crippen molar-refractivity contribution in [2.24, 2.45) is 0 Å². The van der Waals surface area contributed by atoms with Crippen molar-refractivity contribution in [2.45, 2.75) is 12.8 Å². The second-order valence-electron chi connectivity index (χ2n) is 2.09. The molecule has 0 atom stereocenters. The predicted octanol–water partition coefficient (Wildman–Crippen LogP) is 1.50. The molecule has 0 radical (unpaired) electrons. The van der Waals surface area contributed by atoms with Crippen LogP contribution in [0.5, 0.6) is 0 Å². The molecule has 6 heteroatoms. The van der Waals surface area contributed by atoms with Gasteiger partial charge in [-0.05, 0) is 6.42 Å². The molecule has 0 saturated carbocycles. The van der Waals surface area contributed by atoms with Crippen LogP contribution in [-0.4, -0.2) is 21.1 Å². The van der Waals surface area contributed by atoms with E-state index in [2.05, 4.69) is 14.7 Å². The van der Waals surface area contributed by atoms with Crippen molar-refractivity contribution >= 4 is 34.2 Å². The van der Waals surface area contributed by atoms with Crippen molar-refractivity contribution < 1.29 is 4.79 Å². The molecule has 0 unspecified atom stereocenters. The molecule has 1 heterocycles. The van der Waals surface area contributed by atoms with Crippen LogP contribution in [0.4, 0.5) is 5.13 Å². The Balaban J connectivity index is 2.27. The van der Waals surface area contributed by atoms with Gasteiger partial charge >= 0.3 is 0 Å². The van der Waals surface area contributed by atoms with Crippen molar-refractivity contribution in [2.75, 3.05) is 11.2 Å². The Morgan fingerprint density at radius 3 is 3.17 bits per heavy atom. The lowest BCUT2D eigenvalue weighted by Gasteiger charge is -1.97. The minimum Gasteiger partial charge on any atom is -0.301 e. The van der Waals surface area contributed by atoms with Gasteiger partial charge in [-0.25, -0.2) is 4.98 Å². The number of hydrogen-bond donors (Lipinski definition) is 1. The lowest BCUT2D eigenvalue weighted by Crippen LogP contribution is -2.10. The van der Waals surface area contributed by atoms with Crippen LogP contribution in [0.15, 0.2) is 6.33 Å². The lowest BCUT2D eigenvalue weighted by atomic mass is 10.3. The average molecular weight is 206 g/mol. The fourth-order valence-corrected chi connectivity index (χ4v) is 1.22. The largest absolute Gasteiger partial charge is 0.301 e. The van der Waals surface area contributed by atoms with E-state index in [0.29, 0.717) is 23.9 Å². The van der Waals surface area contributed by atoms with E-state index in [0.717, 1.165) is 11.5 Å². The van der Waals surface area contributed by atoms with Gasteiger partial charge in [0, 0.05) is 23.8 Å². The first-order valence-electron chi connectivity index (χ1n) is 3.45. The number of anilines is 1. The first-order valence-corrected chi connectivity index (χ1v) is 4.76. The van der Waals surface area contributed by atoms with E-state index in [1.165, 1.54) is 6.33 Å². The maximum atomic E-state index is 11.0. The Morgan fingerprint density at radius 1 is 1.75 bits per heavy atom. The first kappa shape index (κ1) is 9.41. The van der Waals surface area contributed by atoms with Crippen LogP contribution >= 0.6 is 23.1 Å². The average Bonchev–Trinajstić information content (AvgIpc) is 2.53. The Morgan fingerprint density at radius 2 is 2.58 bits per heavy atom. The number of aromatic nitrogens is 2. The summed E-state index contributed by atoms with van der Waals surface area (Å²) in [6.07, 6.45) is 2.52. The molecule has 1 aromatic rings. The molecular formula is C6H8ClN3OS. The Kier molecular flexibility index (Phi) is 3.96. The van der Waals surface area contributed by atoms with Gasteiger partial charge < -0.3 is 5.32 Å². The number of nitrogens with zero attached hydrogens (tertiary/aromatic N) is 2. The topological polar surface area (TPSA) is 54.9 Å². The van der Waals surface area contributed by atoms with Gasteiger partial charge in [0.05, 0.1) is 0 Å². The third kappa shape index (κ3) is 3.15. The van der Waals surface area contributed by atoms with Crippen LogP contribution < -0.4 is 5.32 Å². The van der Waals surface area contributed by atoms with E-state index in [1.807, 2.05) is 0 Å². The lowest BCUT2D eigenvalue weighted by molar-refractivity contribution is -0.116. The molecule has 0 spiro atoms. The smallest absolute Gasteiger partial charge is 0.226 e. The highest BCUT2D eigenvalue weighted by Gasteiger charge is 2.02. The summed E-state index contributed by atoms with van der Waals surface area (Å²) < 4.78 is 3.75. The van der Waals surface area contributed by atoms with Gasteiger partial charge in [-0.1, -0.05) is 0 Å². The molecule has 0 aliphatic carbocycles. The molecular weight excluding hydrogens is 198 g/mol. The van der Waals surface area contributed by atoms with Crippen LogP contribution in [0, 0.1) is 0 Å². The standard InChI is InChI=1S/C6H8ClN3OS/c7-3-1-2-5(11)10-6-8-4-9-12-6/h4H,1-3H2,(H,8,9,10,11). The van der Waals surface area contributed by atoms with E-state index in [9.17, 15) is 4.79 Å². The zero-order chi connectivity index (χ0) is 8.81. The number of rotatable bonds is 4. The summed E-state index contributed by atoms with van der Waals surface area (Å²) in [5, 5.41) is 3.14. The van der Waals surface area contributed by atoms with E-state index < -0.39 is 0 Å². The van der Waals surface area contributed by atoms with E-state index in [1.54, 1.807) is 0 Å². The molecule has 1 N–H and O–H groups in total. The second-order valence-corrected chi connectivity index (χ2v) is 3.25. The SMILES string of the molecule is O=C(CCCCl)Nc1ncns1. The van der Waals surface area contributed by atoms with Crippen molar-refractivity contribution in [1.82, 2.24) is 9.36 Å². The monoisotopic (exact) mass is 205 g/mol. The van der Waals surface area contributed by atoms with Gasteiger partial charge in [-0.2, -0.15) is 4.37 Å². The predicted molar refractivity (Wildman–Crippen MR) is 48.5 cm³/mol. The fourth-order valence-electron chi connectivity index (χ4n) is 0.637. The molecule has 66 valence electrons. The van der Waals surface area contributed by atoms with E-state index in [4.69, 9.17) is 11.6 Å². The summed E-state index contributed by atoms with van der Waals surface area (Å²) in [5.74, 6) is 0.441. The van der Waals surface area contributed by atoms with Gasteiger partial charge in [0.25, 0.3) is 0 Å². The fraction of sp³-hybridized carbons (Fsp3) is 0.500. The van der Waals surface area contributed by atoms with E-state index >= 15 is 0 Å². The summed E-state index contributed by atoms with van der Waals surface area (Å²) in [5.41, 5.74) is 0. The summed E-state index contributed by atoms with van der Waals surface area (Å²) >= 11 is 6.58. The van der Waals surface area contributed by atoms with E-state index in [-0.39, 0.29) is 5.91 Å².